The Bertz CT molecular complexity index is 1430. The van der Waals surface area contributed by atoms with E-state index in [2.05, 4.69) is 20.6 Å². The van der Waals surface area contributed by atoms with Crippen molar-refractivity contribution >= 4 is 43.0 Å². The molecule has 2 N–H and O–H groups in total. The molecule has 0 bridgehead atoms. The number of nitrogens with zero attached hydrogens (tertiary/aromatic N) is 3. The summed E-state index contributed by atoms with van der Waals surface area (Å²) in [6, 6.07) is 11.9. The molecule has 14 heteroatoms. The van der Waals surface area contributed by atoms with Gasteiger partial charge in [0.05, 0.1) is 16.8 Å². The average Bonchev–Trinajstić information content (AvgIpc) is 2.76. The zero-order valence-corrected chi connectivity index (χ0v) is 20.5. The van der Waals surface area contributed by atoms with Crippen LogP contribution in [0.1, 0.15) is 11.1 Å². The predicted octanol–water partition coefficient (Wildman–Crippen LogP) is 3.65. The first-order valence-electron chi connectivity index (χ1n) is 9.93. The van der Waals surface area contributed by atoms with Crippen molar-refractivity contribution in [3.63, 3.8) is 0 Å². The normalized spacial score (nSPS) is 12.3. The van der Waals surface area contributed by atoms with E-state index < -0.39 is 37.4 Å². The van der Waals surface area contributed by atoms with Crippen LogP contribution in [-0.2, 0) is 32.6 Å². The molecular weight excluding hydrogens is 507 g/mol. The summed E-state index contributed by atoms with van der Waals surface area (Å²) in [7, 11) is -5.66. The molecular formula is C21H22F3N5O4S2. The Kier molecular flexibility index (Phi) is 7.26. The van der Waals surface area contributed by atoms with Crippen molar-refractivity contribution in [2.45, 2.75) is 17.6 Å². The number of sulfone groups is 1. The van der Waals surface area contributed by atoms with E-state index >= 15 is 0 Å². The molecule has 2 aromatic carbocycles. The number of hydrogen-bond donors (Lipinski definition) is 2. The molecule has 3 aromatic rings. The first kappa shape index (κ1) is 26.2. The van der Waals surface area contributed by atoms with E-state index in [0.717, 1.165) is 16.8 Å². The van der Waals surface area contributed by atoms with E-state index in [9.17, 15) is 30.0 Å². The fourth-order valence-corrected chi connectivity index (χ4v) is 4.19. The summed E-state index contributed by atoms with van der Waals surface area (Å²) >= 11 is 0. The van der Waals surface area contributed by atoms with Crippen LogP contribution in [0.3, 0.4) is 0 Å². The maximum atomic E-state index is 13.6. The molecule has 0 spiro atoms. The van der Waals surface area contributed by atoms with Crippen molar-refractivity contribution in [1.29, 1.82) is 0 Å². The lowest BCUT2D eigenvalue weighted by Crippen LogP contribution is -2.26. The molecule has 35 heavy (non-hydrogen) atoms. The van der Waals surface area contributed by atoms with Crippen molar-refractivity contribution in [3.05, 3.63) is 65.9 Å². The van der Waals surface area contributed by atoms with Crippen LogP contribution in [0.25, 0.3) is 0 Å². The van der Waals surface area contributed by atoms with Gasteiger partial charge in [0.25, 0.3) is 0 Å². The van der Waals surface area contributed by atoms with Gasteiger partial charge in [-0.05, 0) is 35.9 Å². The maximum absolute atomic E-state index is 13.6. The monoisotopic (exact) mass is 529 g/mol. The molecule has 0 fully saturated rings. The highest BCUT2D eigenvalue weighted by Gasteiger charge is 2.35. The molecule has 0 unspecified atom stereocenters. The van der Waals surface area contributed by atoms with Gasteiger partial charge in [-0.1, -0.05) is 18.2 Å². The third kappa shape index (κ3) is 6.60. The van der Waals surface area contributed by atoms with Crippen LogP contribution in [-0.4, -0.2) is 46.4 Å². The van der Waals surface area contributed by atoms with Crippen LogP contribution in [0.2, 0.25) is 0 Å². The Labute approximate surface area is 201 Å². The molecule has 1 aromatic heterocycles. The summed E-state index contributed by atoms with van der Waals surface area (Å²) < 4.78 is 88.8. The standard InChI is InChI=1S/C21H22F3N5O4S2/c1-29(35(3,32)33)18-7-5-4-6-14(18)12-25-19-17(21(22,23)24)13-26-20(28-19)27-15-8-10-16(11-9-15)34(2,30)31/h4-11,13H,12H2,1-3H3,(H2,25,26,27,28). The van der Waals surface area contributed by atoms with Crippen molar-refractivity contribution in [2.24, 2.45) is 0 Å². The van der Waals surface area contributed by atoms with Crippen LogP contribution >= 0.6 is 0 Å². The molecule has 9 nitrogen and oxygen atoms in total. The van der Waals surface area contributed by atoms with E-state index in [1.54, 1.807) is 18.2 Å². The van der Waals surface area contributed by atoms with Crippen LogP contribution in [0, 0.1) is 0 Å². The van der Waals surface area contributed by atoms with Gasteiger partial charge >= 0.3 is 6.18 Å². The fourth-order valence-electron chi connectivity index (χ4n) is 3.02. The first-order valence-corrected chi connectivity index (χ1v) is 13.7. The minimum Gasteiger partial charge on any atom is -0.365 e. The molecule has 0 atom stereocenters. The van der Waals surface area contributed by atoms with Crippen LogP contribution < -0.4 is 14.9 Å². The second-order valence-corrected chi connectivity index (χ2v) is 11.6. The van der Waals surface area contributed by atoms with Gasteiger partial charge in [0.1, 0.15) is 11.4 Å². The van der Waals surface area contributed by atoms with Gasteiger partial charge < -0.3 is 10.6 Å². The third-order valence-electron chi connectivity index (χ3n) is 4.91. The number of nitrogens with one attached hydrogen (secondary N) is 2. The number of aromatic nitrogens is 2. The van der Waals surface area contributed by atoms with Gasteiger partial charge in [-0.2, -0.15) is 18.2 Å². The summed E-state index contributed by atoms with van der Waals surface area (Å²) in [5.41, 5.74) is -0.0138. The number of alkyl halides is 3. The van der Waals surface area contributed by atoms with E-state index in [-0.39, 0.29) is 17.4 Å². The number of para-hydroxylation sites is 1. The predicted molar refractivity (Wildman–Crippen MR) is 127 cm³/mol. The largest absolute Gasteiger partial charge is 0.421 e. The quantitative estimate of drug-likeness (QED) is 0.454. The average molecular weight is 530 g/mol. The van der Waals surface area contributed by atoms with Crippen molar-refractivity contribution < 1.29 is 30.0 Å². The second kappa shape index (κ2) is 9.70. The van der Waals surface area contributed by atoms with Gasteiger partial charge in [0.15, 0.2) is 9.84 Å². The summed E-state index contributed by atoms with van der Waals surface area (Å²) in [5.74, 6) is -0.672. The number of hydrogen-bond acceptors (Lipinski definition) is 8. The SMILES string of the molecule is CN(c1ccccc1CNc1nc(Nc2ccc(S(C)(=O)=O)cc2)ncc1C(F)(F)F)S(C)(=O)=O. The van der Waals surface area contributed by atoms with Gasteiger partial charge in [-0.15, -0.1) is 0 Å². The molecule has 0 aliphatic heterocycles. The number of halogens is 3. The van der Waals surface area contributed by atoms with Crippen molar-refractivity contribution in [2.75, 3.05) is 34.5 Å². The van der Waals surface area contributed by atoms with Crippen LogP contribution in [0.15, 0.2) is 59.6 Å². The smallest absolute Gasteiger partial charge is 0.365 e. The minimum atomic E-state index is -4.75. The zero-order valence-electron chi connectivity index (χ0n) is 18.8. The summed E-state index contributed by atoms with van der Waals surface area (Å²) in [6.07, 6.45) is -2.06. The van der Waals surface area contributed by atoms with Gasteiger partial charge in [-0.3, -0.25) is 4.31 Å². The second-order valence-electron chi connectivity index (χ2n) is 7.59. The molecule has 0 saturated heterocycles. The Morgan fingerprint density at radius 3 is 2.17 bits per heavy atom. The molecule has 3 rings (SSSR count). The van der Waals surface area contributed by atoms with Crippen molar-refractivity contribution in [1.82, 2.24) is 9.97 Å². The lowest BCUT2D eigenvalue weighted by molar-refractivity contribution is -0.137. The van der Waals surface area contributed by atoms with E-state index in [1.165, 1.54) is 37.4 Å². The molecule has 0 aliphatic carbocycles. The van der Waals surface area contributed by atoms with E-state index in [0.29, 0.717) is 23.1 Å². The highest BCUT2D eigenvalue weighted by Crippen LogP contribution is 2.34. The number of anilines is 4. The topological polar surface area (TPSA) is 121 Å². The molecule has 0 saturated carbocycles. The number of benzene rings is 2. The fraction of sp³-hybridized carbons (Fsp3) is 0.238. The van der Waals surface area contributed by atoms with E-state index in [1.807, 2.05) is 0 Å². The Morgan fingerprint density at radius 2 is 1.60 bits per heavy atom. The lowest BCUT2D eigenvalue weighted by Gasteiger charge is -2.21. The van der Waals surface area contributed by atoms with Crippen LogP contribution in [0.5, 0.6) is 0 Å². The molecule has 1 heterocycles. The third-order valence-corrected chi connectivity index (χ3v) is 7.23. The van der Waals surface area contributed by atoms with Gasteiger partial charge in [0.2, 0.25) is 16.0 Å². The number of sulfonamides is 1. The lowest BCUT2D eigenvalue weighted by atomic mass is 10.1. The van der Waals surface area contributed by atoms with Crippen molar-refractivity contribution in [3.8, 4) is 0 Å². The summed E-state index contributed by atoms with van der Waals surface area (Å²) in [5, 5.41) is 5.36. The number of rotatable bonds is 8. The van der Waals surface area contributed by atoms with Gasteiger partial charge in [-0.25, -0.2) is 21.8 Å². The molecule has 0 aliphatic rings. The van der Waals surface area contributed by atoms with Crippen LogP contribution in [0.4, 0.5) is 36.3 Å². The summed E-state index contributed by atoms with van der Waals surface area (Å²) in [6.45, 7) is -0.154. The van der Waals surface area contributed by atoms with Gasteiger partial charge in [0, 0.05) is 31.7 Å². The zero-order chi connectivity index (χ0) is 26.0. The highest BCUT2D eigenvalue weighted by molar-refractivity contribution is 7.92. The Hall–Kier alpha value is -3.39. The summed E-state index contributed by atoms with van der Waals surface area (Å²) in [4.78, 5) is 7.74. The Balaban J connectivity index is 1.90. The maximum Gasteiger partial charge on any atom is 0.421 e. The molecule has 0 amide bonds. The Morgan fingerprint density at radius 1 is 0.971 bits per heavy atom. The molecule has 0 radical (unpaired) electrons. The minimum absolute atomic E-state index is 0.0801. The first-order chi connectivity index (χ1) is 16.2. The van der Waals surface area contributed by atoms with E-state index in [4.69, 9.17) is 0 Å². The highest BCUT2D eigenvalue weighted by atomic mass is 32.2. The molecule has 188 valence electrons.